The van der Waals surface area contributed by atoms with Crippen LogP contribution in [-0.4, -0.2) is 52.5 Å². The van der Waals surface area contributed by atoms with Crippen molar-refractivity contribution in [1.29, 1.82) is 0 Å². The van der Waals surface area contributed by atoms with E-state index in [-0.39, 0.29) is 4.28 Å². The predicted octanol–water partition coefficient (Wildman–Crippen LogP) is 3.69. The Morgan fingerprint density at radius 3 is 1.41 bits per heavy atom. The van der Waals surface area contributed by atoms with E-state index in [9.17, 15) is 0 Å². The van der Waals surface area contributed by atoms with Crippen LogP contribution in [0.5, 0.6) is 0 Å². The zero-order valence-electron chi connectivity index (χ0n) is 15.5. The van der Waals surface area contributed by atoms with Gasteiger partial charge in [-0.3, -0.25) is 0 Å². The molecule has 22 heavy (non-hydrogen) atoms. The standard InChI is InChI=1S/C5H11N.C5H9N.C4H9NO.2C2H6.3H2/c2*1-2-4-6-5-3-1;1-3-6-4-2-5-1;2*1-2;;;/h6H,1-5H2;1-2,6H,3-5H2;5H,1-4H2;2*1-2H3;3*1H. The molecule has 0 aromatic rings. The highest BCUT2D eigenvalue weighted by Gasteiger charge is 1.94. The van der Waals surface area contributed by atoms with E-state index in [2.05, 4.69) is 28.1 Å². The molecule has 0 atom stereocenters. The Labute approximate surface area is 143 Å². The van der Waals surface area contributed by atoms with E-state index in [0.717, 1.165) is 39.4 Å². The first kappa shape index (κ1) is 23.8. The van der Waals surface area contributed by atoms with Gasteiger partial charge in [-0.1, -0.05) is 46.3 Å². The number of piperidine rings is 1. The van der Waals surface area contributed by atoms with Crippen LogP contribution in [0.25, 0.3) is 0 Å². The van der Waals surface area contributed by atoms with Crippen LogP contribution in [0.2, 0.25) is 0 Å². The smallest absolute Gasteiger partial charge is 0.0591 e. The monoisotopic (exact) mass is 321 g/mol. The largest absolute Gasteiger partial charge is 0.379 e. The molecule has 3 rings (SSSR count). The summed E-state index contributed by atoms with van der Waals surface area (Å²) in [5.41, 5.74) is 0. The molecule has 2 fully saturated rings. The summed E-state index contributed by atoms with van der Waals surface area (Å²) in [4.78, 5) is 0. The Bertz CT molecular complexity index is 161. The van der Waals surface area contributed by atoms with Crippen molar-refractivity contribution in [1.82, 2.24) is 16.0 Å². The van der Waals surface area contributed by atoms with Crippen molar-refractivity contribution in [2.45, 2.75) is 53.4 Å². The van der Waals surface area contributed by atoms with Crippen molar-refractivity contribution in [3.63, 3.8) is 0 Å². The van der Waals surface area contributed by atoms with E-state index in [1.54, 1.807) is 0 Å². The Morgan fingerprint density at radius 2 is 1.27 bits per heavy atom. The van der Waals surface area contributed by atoms with Gasteiger partial charge in [0.1, 0.15) is 0 Å². The minimum atomic E-state index is 0. The average molecular weight is 322 g/mol. The molecular formula is C18H47N3O. The van der Waals surface area contributed by atoms with Crippen LogP contribution in [-0.2, 0) is 4.74 Å². The first-order chi connectivity index (χ1) is 11.0. The summed E-state index contributed by atoms with van der Waals surface area (Å²) in [7, 11) is 0. The molecular weight excluding hydrogens is 274 g/mol. The third-order valence-electron chi connectivity index (χ3n) is 2.97. The van der Waals surface area contributed by atoms with Gasteiger partial charge in [-0.15, -0.1) is 0 Å². The van der Waals surface area contributed by atoms with Gasteiger partial charge in [-0.25, -0.2) is 0 Å². The van der Waals surface area contributed by atoms with Gasteiger partial charge in [0.25, 0.3) is 0 Å². The fourth-order valence-corrected chi connectivity index (χ4v) is 1.89. The molecule has 3 heterocycles. The molecule has 3 aliphatic heterocycles. The second-order valence-electron chi connectivity index (χ2n) is 4.64. The molecule has 0 saturated carbocycles. The van der Waals surface area contributed by atoms with E-state index in [1.165, 1.54) is 38.8 Å². The Hall–Kier alpha value is -0.420. The molecule has 140 valence electrons. The topological polar surface area (TPSA) is 45.3 Å². The summed E-state index contributed by atoms with van der Waals surface area (Å²) >= 11 is 0. The number of ether oxygens (including phenoxy) is 1. The Balaban J connectivity index is -0.0000000690. The summed E-state index contributed by atoms with van der Waals surface area (Å²) in [6.45, 7) is 16.6. The highest BCUT2D eigenvalue weighted by Crippen LogP contribution is 1.96. The van der Waals surface area contributed by atoms with Gasteiger partial charge in [0.2, 0.25) is 0 Å². The lowest BCUT2D eigenvalue weighted by Crippen LogP contribution is -2.30. The van der Waals surface area contributed by atoms with E-state index in [1.807, 2.05) is 27.7 Å². The van der Waals surface area contributed by atoms with Crippen LogP contribution >= 0.6 is 0 Å². The Morgan fingerprint density at radius 1 is 0.682 bits per heavy atom. The summed E-state index contributed by atoms with van der Waals surface area (Å²) in [5, 5.41) is 9.64. The first-order valence-electron chi connectivity index (χ1n) is 9.35. The van der Waals surface area contributed by atoms with Crippen molar-refractivity contribution < 1.29 is 9.02 Å². The Kier molecular flexibility index (Phi) is 27.7. The molecule has 0 spiro atoms. The second kappa shape index (κ2) is 25.5. The lowest BCUT2D eigenvalue weighted by atomic mass is 10.2. The van der Waals surface area contributed by atoms with Crippen molar-refractivity contribution >= 4 is 0 Å². The van der Waals surface area contributed by atoms with Crippen LogP contribution in [0.4, 0.5) is 0 Å². The summed E-state index contributed by atoms with van der Waals surface area (Å²) in [5.74, 6) is 0. The molecule has 3 N–H and O–H groups in total. The number of morpholine rings is 1. The average Bonchev–Trinajstić information content (AvgIpc) is 2.70. The fourth-order valence-electron chi connectivity index (χ4n) is 1.89. The van der Waals surface area contributed by atoms with E-state index < -0.39 is 0 Å². The quantitative estimate of drug-likeness (QED) is 0.595. The molecule has 4 nitrogen and oxygen atoms in total. The van der Waals surface area contributed by atoms with Crippen molar-refractivity contribution in [2.75, 3.05) is 52.5 Å². The first-order valence-corrected chi connectivity index (χ1v) is 9.35. The summed E-state index contributed by atoms with van der Waals surface area (Å²) in [6, 6.07) is 0. The van der Waals surface area contributed by atoms with Gasteiger partial charge < -0.3 is 20.7 Å². The van der Waals surface area contributed by atoms with Gasteiger partial charge in [0.15, 0.2) is 0 Å². The van der Waals surface area contributed by atoms with Gasteiger partial charge in [0.05, 0.1) is 13.2 Å². The fraction of sp³-hybridized carbons (Fsp3) is 0.889. The molecule has 4 heteroatoms. The molecule has 2 saturated heterocycles. The van der Waals surface area contributed by atoms with Crippen LogP contribution < -0.4 is 16.0 Å². The maximum absolute atomic E-state index is 5.01. The maximum Gasteiger partial charge on any atom is 0.0591 e. The second-order valence-corrected chi connectivity index (χ2v) is 4.64. The van der Waals surface area contributed by atoms with Gasteiger partial charge in [-0.05, 0) is 38.9 Å². The van der Waals surface area contributed by atoms with Crippen LogP contribution in [0.1, 0.15) is 57.7 Å². The molecule has 0 radical (unpaired) electrons. The summed E-state index contributed by atoms with van der Waals surface area (Å²) < 4.78 is 5.01. The lowest BCUT2D eigenvalue weighted by Gasteiger charge is -2.10. The van der Waals surface area contributed by atoms with E-state index in [0.29, 0.717) is 0 Å². The third-order valence-corrected chi connectivity index (χ3v) is 2.97. The van der Waals surface area contributed by atoms with Crippen molar-refractivity contribution in [3.05, 3.63) is 12.2 Å². The number of hydrogen-bond acceptors (Lipinski definition) is 4. The third kappa shape index (κ3) is 21.9. The SMILES string of the molecule is C1=CCNCC1.C1CCNCC1.C1COCCN1.CC.CC.[HH].[HH].[HH]. The maximum atomic E-state index is 5.01. The van der Waals surface area contributed by atoms with E-state index in [4.69, 9.17) is 4.74 Å². The minimum absolute atomic E-state index is 0. The molecule has 0 unspecified atom stereocenters. The van der Waals surface area contributed by atoms with E-state index >= 15 is 0 Å². The molecule has 0 amide bonds. The number of nitrogens with one attached hydrogen (secondary N) is 3. The van der Waals surface area contributed by atoms with Crippen molar-refractivity contribution in [3.8, 4) is 0 Å². The molecule has 0 aromatic carbocycles. The molecule has 3 aliphatic rings. The summed E-state index contributed by atoms with van der Waals surface area (Å²) in [6.07, 6.45) is 9.78. The number of hydrogen-bond donors (Lipinski definition) is 3. The zero-order chi connectivity index (χ0) is 16.7. The molecule has 0 aliphatic carbocycles. The van der Waals surface area contributed by atoms with Gasteiger partial charge >= 0.3 is 0 Å². The predicted molar refractivity (Wildman–Crippen MR) is 106 cm³/mol. The highest BCUT2D eigenvalue weighted by molar-refractivity contribution is 4.88. The lowest BCUT2D eigenvalue weighted by molar-refractivity contribution is 0.109. The zero-order valence-corrected chi connectivity index (χ0v) is 15.5. The number of rotatable bonds is 0. The van der Waals surface area contributed by atoms with Crippen LogP contribution in [0, 0.1) is 0 Å². The molecule has 0 bridgehead atoms. The normalized spacial score (nSPS) is 19.5. The van der Waals surface area contributed by atoms with Gasteiger partial charge in [-0.2, -0.15) is 0 Å². The molecule has 0 aromatic heterocycles. The van der Waals surface area contributed by atoms with Crippen molar-refractivity contribution in [2.24, 2.45) is 0 Å². The van der Waals surface area contributed by atoms with Crippen LogP contribution in [0.15, 0.2) is 12.2 Å². The highest BCUT2D eigenvalue weighted by atomic mass is 16.5. The van der Waals surface area contributed by atoms with Crippen LogP contribution in [0.3, 0.4) is 0 Å². The van der Waals surface area contributed by atoms with Gasteiger partial charge in [0, 0.05) is 23.9 Å². The minimum Gasteiger partial charge on any atom is -0.379 e.